The Morgan fingerprint density at radius 2 is 2.05 bits per heavy atom. The van der Waals surface area contributed by atoms with Crippen molar-refractivity contribution in [1.29, 1.82) is 0 Å². The largest absolute Gasteiger partial charge is 0.456 e. The average Bonchev–Trinajstić information content (AvgIpc) is 2.86. The fraction of sp³-hybridized carbons (Fsp3) is 0.250. The molecule has 2 aromatic rings. The first-order valence-corrected chi connectivity index (χ1v) is 6.82. The van der Waals surface area contributed by atoms with Crippen molar-refractivity contribution in [3.63, 3.8) is 0 Å². The predicted octanol–water partition coefficient (Wildman–Crippen LogP) is 2.57. The van der Waals surface area contributed by atoms with Crippen LogP contribution < -0.4 is 5.32 Å². The molecular formula is C16H16N2O3. The summed E-state index contributed by atoms with van der Waals surface area (Å²) in [6.07, 6.45) is 0. The van der Waals surface area contributed by atoms with Crippen LogP contribution in [0.25, 0.3) is 0 Å². The van der Waals surface area contributed by atoms with Gasteiger partial charge < -0.3 is 14.6 Å². The number of nitrogens with zero attached hydrogens (tertiary/aromatic N) is 1. The highest BCUT2D eigenvalue weighted by molar-refractivity contribution is 6.01. The van der Waals surface area contributed by atoms with Crippen molar-refractivity contribution < 1.29 is 14.0 Å². The van der Waals surface area contributed by atoms with Gasteiger partial charge in [0.1, 0.15) is 11.8 Å². The standard InChI is InChI=1S/C16H16N2O3/c1-10-7-8-14(21-10)16(20)18-9-12-5-3-4-6-13(12)17-15(19)11(18)2/h3-8,11H,9H2,1-2H3,(H,17,19). The van der Waals surface area contributed by atoms with Gasteiger partial charge in [-0.25, -0.2) is 0 Å². The predicted molar refractivity (Wildman–Crippen MR) is 77.9 cm³/mol. The van der Waals surface area contributed by atoms with Crippen LogP contribution >= 0.6 is 0 Å². The quantitative estimate of drug-likeness (QED) is 0.875. The molecule has 1 aromatic carbocycles. The minimum Gasteiger partial charge on any atom is -0.456 e. The third kappa shape index (κ3) is 2.42. The van der Waals surface area contributed by atoms with Gasteiger partial charge in [0.25, 0.3) is 5.91 Å². The summed E-state index contributed by atoms with van der Waals surface area (Å²) in [5.41, 5.74) is 1.66. The number of anilines is 1. The molecular weight excluding hydrogens is 268 g/mol. The van der Waals surface area contributed by atoms with E-state index in [0.29, 0.717) is 12.3 Å². The van der Waals surface area contributed by atoms with Gasteiger partial charge in [0, 0.05) is 12.2 Å². The number of furan rings is 1. The summed E-state index contributed by atoms with van der Waals surface area (Å²) < 4.78 is 5.39. The van der Waals surface area contributed by atoms with E-state index in [2.05, 4.69) is 5.32 Å². The molecule has 0 saturated heterocycles. The first kappa shape index (κ1) is 13.4. The molecule has 1 atom stereocenters. The minimum absolute atomic E-state index is 0.198. The van der Waals surface area contributed by atoms with Crippen molar-refractivity contribution in [2.24, 2.45) is 0 Å². The number of amides is 2. The number of para-hydroxylation sites is 1. The van der Waals surface area contributed by atoms with Gasteiger partial charge in [-0.15, -0.1) is 0 Å². The topological polar surface area (TPSA) is 62.6 Å². The smallest absolute Gasteiger partial charge is 0.290 e. The second-order valence-corrected chi connectivity index (χ2v) is 5.17. The van der Waals surface area contributed by atoms with Crippen LogP contribution in [0.2, 0.25) is 0 Å². The maximum absolute atomic E-state index is 12.6. The monoisotopic (exact) mass is 284 g/mol. The van der Waals surface area contributed by atoms with Crippen LogP contribution in [0.1, 0.15) is 28.8 Å². The van der Waals surface area contributed by atoms with Crippen molar-refractivity contribution in [3.8, 4) is 0 Å². The maximum Gasteiger partial charge on any atom is 0.290 e. The third-order valence-corrected chi connectivity index (χ3v) is 3.67. The molecule has 1 aromatic heterocycles. The van der Waals surface area contributed by atoms with Crippen LogP contribution in [0.3, 0.4) is 0 Å². The lowest BCUT2D eigenvalue weighted by Gasteiger charge is -2.24. The third-order valence-electron chi connectivity index (χ3n) is 3.67. The summed E-state index contributed by atoms with van der Waals surface area (Å²) in [4.78, 5) is 26.3. The Morgan fingerprint density at radius 3 is 2.76 bits per heavy atom. The van der Waals surface area contributed by atoms with Crippen molar-refractivity contribution >= 4 is 17.5 Å². The Labute approximate surface area is 122 Å². The average molecular weight is 284 g/mol. The highest BCUT2D eigenvalue weighted by atomic mass is 16.3. The van der Waals surface area contributed by atoms with Gasteiger partial charge in [-0.2, -0.15) is 0 Å². The van der Waals surface area contributed by atoms with Gasteiger partial charge >= 0.3 is 0 Å². The highest BCUT2D eigenvalue weighted by Crippen LogP contribution is 2.24. The molecule has 5 heteroatoms. The molecule has 1 aliphatic rings. The first-order chi connectivity index (χ1) is 10.1. The normalized spacial score (nSPS) is 17.9. The summed E-state index contributed by atoms with van der Waals surface area (Å²) in [5.74, 6) is 0.455. The summed E-state index contributed by atoms with van der Waals surface area (Å²) in [6.45, 7) is 3.87. The van der Waals surface area contributed by atoms with Gasteiger partial charge in [0.2, 0.25) is 5.91 Å². The van der Waals surface area contributed by atoms with Crippen LogP contribution in [0.5, 0.6) is 0 Å². The van der Waals surface area contributed by atoms with E-state index in [9.17, 15) is 9.59 Å². The van der Waals surface area contributed by atoms with Crippen molar-refractivity contribution in [2.45, 2.75) is 26.4 Å². The number of carbonyl (C=O) groups is 2. The Morgan fingerprint density at radius 1 is 1.29 bits per heavy atom. The molecule has 3 rings (SSSR count). The second kappa shape index (κ2) is 5.09. The molecule has 2 heterocycles. The number of carbonyl (C=O) groups excluding carboxylic acids is 2. The van der Waals surface area contributed by atoms with Crippen LogP contribution in [0, 0.1) is 6.92 Å². The molecule has 0 fully saturated rings. The Balaban J connectivity index is 1.97. The highest BCUT2D eigenvalue weighted by Gasteiger charge is 2.31. The van der Waals surface area contributed by atoms with Crippen molar-refractivity contribution in [1.82, 2.24) is 4.90 Å². The molecule has 108 valence electrons. The van der Waals surface area contributed by atoms with E-state index in [0.717, 1.165) is 11.3 Å². The van der Waals surface area contributed by atoms with Crippen LogP contribution in [-0.4, -0.2) is 22.8 Å². The number of nitrogens with one attached hydrogen (secondary N) is 1. The van der Waals surface area contributed by atoms with Crippen molar-refractivity contribution in [3.05, 3.63) is 53.5 Å². The summed E-state index contributed by atoms with van der Waals surface area (Å²) in [5, 5.41) is 2.85. The molecule has 0 aliphatic carbocycles. The number of hydrogen-bond donors (Lipinski definition) is 1. The lowest BCUT2D eigenvalue weighted by Crippen LogP contribution is -2.43. The second-order valence-electron chi connectivity index (χ2n) is 5.17. The molecule has 0 radical (unpaired) electrons. The molecule has 1 unspecified atom stereocenters. The molecule has 0 bridgehead atoms. The Hall–Kier alpha value is -2.56. The molecule has 1 N–H and O–H groups in total. The van der Waals surface area contributed by atoms with Crippen molar-refractivity contribution in [2.75, 3.05) is 5.32 Å². The van der Waals surface area contributed by atoms with Gasteiger partial charge in [0.05, 0.1) is 0 Å². The fourth-order valence-corrected chi connectivity index (χ4v) is 2.42. The molecule has 21 heavy (non-hydrogen) atoms. The SMILES string of the molecule is Cc1ccc(C(=O)N2Cc3ccccc3NC(=O)C2C)o1. The van der Waals surface area contributed by atoms with E-state index in [1.165, 1.54) is 4.90 Å². The van der Waals surface area contributed by atoms with Crippen LogP contribution in [0.15, 0.2) is 40.8 Å². The van der Waals surface area contributed by atoms with Gasteiger partial charge in [0.15, 0.2) is 5.76 Å². The maximum atomic E-state index is 12.6. The van der Waals surface area contributed by atoms with E-state index in [4.69, 9.17) is 4.42 Å². The summed E-state index contributed by atoms with van der Waals surface area (Å²) in [7, 11) is 0. The minimum atomic E-state index is -0.560. The zero-order chi connectivity index (χ0) is 15.0. The molecule has 2 amide bonds. The summed E-state index contributed by atoms with van der Waals surface area (Å²) in [6, 6.07) is 10.3. The number of rotatable bonds is 1. The lowest BCUT2D eigenvalue weighted by molar-refractivity contribution is -0.120. The van der Waals surface area contributed by atoms with Crippen LogP contribution in [0.4, 0.5) is 5.69 Å². The Kier molecular flexibility index (Phi) is 3.25. The van der Waals surface area contributed by atoms with E-state index in [-0.39, 0.29) is 17.6 Å². The summed E-state index contributed by atoms with van der Waals surface area (Å²) >= 11 is 0. The number of fused-ring (bicyclic) bond motifs is 1. The molecule has 5 nitrogen and oxygen atoms in total. The van der Waals surface area contributed by atoms with E-state index < -0.39 is 6.04 Å². The first-order valence-electron chi connectivity index (χ1n) is 6.82. The van der Waals surface area contributed by atoms with E-state index in [1.807, 2.05) is 24.3 Å². The number of benzene rings is 1. The fourth-order valence-electron chi connectivity index (χ4n) is 2.42. The number of hydrogen-bond acceptors (Lipinski definition) is 3. The van der Waals surface area contributed by atoms with Gasteiger partial charge in [-0.1, -0.05) is 18.2 Å². The van der Waals surface area contributed by atoms with E-state index in [1.54, 1.807) is 26.0 Å². The lowest BCUT2D eigenvalue weighted by atomic mass is 10.1. The van der Waals surface area contributed by atoms with Crippen LogP contribution in [-0.2, 0) is 11.3 Å². The van der Waals surface area contributed by atoms with Gasteiger partial charge in [-0.05, 0) is 37.6 Å². The molecule has 0 spiro atoms. The van der Waals surface area contributed by atoms with E-state index >= 15 is 0 Å². The molecule has 1 aliphatic heterocycles. The Bertz CT molecular complexity index is 705. The van der Waals surface area contributed by atoms with Gasteiger partial charge in [-0.3, -0.25) is 9.59 Å². The zero-order valence-corrected chi connectivity index (χ0v) is 11.9. The zero-order valence-electron chi connectivity index (χ0n) is 11.9. The molecule has 0 saturated carbocycles. The number of aryl methyl sites for hydroxylation is 1.